The Morgan fingerprint density at radius 2 is 1.81 bits per heavy atom. The van der Waals surface area contributed by atoms with Crippen LogP contribution in [0.5, 0.6) is 0 Å². The molecule has 1 aliphatic heterocycles. The van der Waals surface area contributed by atoms with Crippen LogP contribution in [0.25, 0.3) is 0 Å². The van der Waals surface area contributed by atoms with Gasteiger partial charge in [-0.1, -0.05) is 42.4 Å². The van der Waals surface area contributed by atoms with Crippen molar-refractivity contribution in [2.24, 2.45) is 5.92 Å². The molecular formula is C24H34O2. The van der Waals surface area contributed by atoms with Crippen LogP contribution >= 0.6 is 0 Å². The topological polar surface area (TPSA) is 29.5 Å². The first-order valence-electron chi connectivity index (χ1n) is 9.97. The fourth-order valence-corrected chi connectivity index (χ4v) is 4.96. The van der Waals surface area contributed by atoms with E-state index in [2.05, 4.69) is 65.8 Å². The molecule has 1 saturated carbocycles. The lowest BCUT2D eigenvalue weighted by molar-refractivity contribution is -0.105. The first kappa shape index (κ1) is 19.4. The lowest BCUT2D eigenvalue weighted by Crippen LogP contribution is -2.22. The number of aliphatic hydroxyl groups excluding tert-OH is 1. The molecule has 2 atom stereocenters. The molecule has 0 amide bonds. The molecule has 26 heavy (non-hydrogen) atoms. The maximum atomic E-state index is 9.05. The largest absolute Gasteiger partial charge is 0.392 e. The SMILES string of the molecule is CC(C=CC1CCCC1c1cc2c(cc1C)C(C)(C)OC2(C)C)=CCO. The summed E-state index contributed by atoms with van der Waals surface area (Å²) in [6.07, 6.45) is 10.2. The standard InChI is InChI=1S/C24H34O2/c1-16(12-13-25)10-11-18-8-7-9-19(18)20-15-22-21(14-17(20)2)23(3,4)26-24(22,5)6/h10-12,14-15,18-19,25H,7-9,13H2,1-6H3. The monoisotopic (exact) mass is 354 g/mol. The quantitative estimate of drug-likeness (QED) is 0.685. The van der Waals surface area contributed by atoms with Gasteiger partial charge in [-0.2, -0.15) is 0 Å². The molecule has 3 rings (SSSR count). The van der Waals surface area contributed by atoms with Crippen LogP contribution in [0.3, 0.4) is 0 Å². The van der Waals surface area contributed by atoms with E-state index in [1.54, 1.807) is 0 Å². The summed E-state index contributed by atoms with van der Waals surface area (Å²) in [5.74, 6) is 1.16. The highest BCUT2D eigenvalue weighted by Gasteiger charge is 2.44. The fraction of sp³-hybridized carbons (Fsp3) is 0.583. The number of hydrogen-bond donors (Lipinski definition) is 1. The summed E-state index contributed by atoms with van der Waals surface area (Å²) in [6, 6.07) is 4.81. The highest BCUT2D eigenvalue weighted by Crippen LogP contribution is 2.50. The summed E-state index contributed by atoms with van der Waals surface area (Å²) >= 11 is 0. The summed E-state index contributed by atoms with van der Waals surface area (Å²) in [7, 11) is 0. The molecule has 1 aliphatic carbocycles. The molecule has 2 nitrogen and oxygen atoms in total. The summed E-state index contributed by atoms with van der Waals surface area (Å²) in [5.41, 5.74) is 6.28. The fourth-order valence-electron chi connectivity index (χ4n) is 4.96. The van der Waals surface area contributed by atoms with E-state index in [4.69, 9.17) is 9.84 Å². The van der Waals surface area contributed by atoms with E-state index >= 15 is 0 Å². The van der Waals surface area contributed by atoms with Gasteiger partial charge >= 0.3 is 0 Å². The molecule has 0 bridgehead atoms. The number of aryl methyl sites for hydroxylation is 1. The van der Waals surface area contributed by atoms with E-state index in [0.717, 1.165) is 5.57 Å². The van der Waals surface area contributed by atoms with Crippen LogP contribution < -0.4 is 0 Å². The Morgan fingerprint density at radius 1 is 1.15 bits per heavy atom. The highest BCUT2D eigenvalue weighted by molar-refractivity contribution is 5.47. The van der Waals surface area contributed by atoms with Crippen LogP contribution in [-0.4, -0.2) is 11.7 Å². The molecule has 2 unspecified atom stereocenters. The van der Waals surface area contributed by atoms with Gasteiger partial charge in [0.05, 0.1) is 17.8 Å². The molecule has 1 aromatic carbocycles. The van der Waals surface area contributed by atoms with Crippen LogP contribution in [0.4, 0.5) is 0 Å². The summed E-state index contributed by atoms with van der Waals surface area (Å²) < 4.78 is 6.37. The van der Waals surface area contributed by atoms with Gasteiger partial charge in [-0.05, 0) is 88.5 Å². The predicted octanol–water partition coefficient (Wildman–Crippen LogP) is 5.87. The van der Waals surface area contributed by atoms with E-state index in [1.165, 1.54) is 41.5 Å². The van der Waals surface area contributed by atoms with Gasteiger partial charge < -0.3 is 9.84 Å². The molecule has 1 aromatic rings. The van der Waals surface area contributed by atoms with Gasteiger partial charge in [0.15, 0.2) is 0 Å². The molecule has 2 aliphatic rings. The van der Waals surface area contributed by atoms with Crippen LogP contribution in [-0.2, 0) is 15.9 Å². The number of ether oxygens (including phenoxy) is 1. The Labute approximate surface area is 159 Å². The molecule has 2 heteroatoms. The second-order valence-electron chi connectivity index (χ2n) is 9.07. The Bertz CT molecular complexity index is 737. The van der Waals surface area contributed by atoms with Gasteiger partial charge in [-0.15, -0.1) is 0 Å². The van der Waals surface area contributed by atoms with Crippen LogP contribution in [0.1, 0.15) is 82.1 Å². The number of benzene rings is 1. The van der Waals surface area contributed by atoms with Crippen molar-refractivity contribution < 1.29 is 9.84 Å². The molecule has 1 fully saturated rings. The van der Waals surface area contributed by atoms with Crippen LogP contribution in [0, 0.1) is 12.8 Å². The van der Waals surface area contributed by atoms with Gasteiger partial charge in [0.25, 0.3) is 0 Å². The normalized spacial score (nSPS) is 27.3. The van der Waals surface area contributed by atoms with E-state index in [-0.39, 0.29) is 17.8 Å². The number of rotatable bonds is 4. The minimum atomic E-state index is -0.230. The lowest BCUT2D eigenvalue weighted by atomic mass is 9.80. The first-order valence-corrected chi connectivity index (χ1v) is 9.97. The van der Waals surface area contributed by atoms with Gasteiger partial charge in [0, 0.05) is 0 Å². The van der Waals surface area contributed by atoms with Crippen molar-refractivity contribution >= 4 is 0 Å². The van der Waals surface area contributed by atoms with Crippen LogP contribution in [0.15, 0.2) is 35.9 Å². The molecule has 1 N–H and O–H groups in total. The zero-order valence-electron chi connectivity index (χ0n) is 17.2. The number of aliphatic hydroxyl groups is 1. The smallest absolute Gasteiger partial charge is 0.0891 e. The van der Waals surface area contributed by atoms with Crippen LogP contribution in [0.2, 0.25) is 0 Å². The van der Waals surface area contributed by atoms with Crippen molar-refractivity contribution in [3.8, 4) is 0 Å². The van der Waals surface area contributed by atoms with E-state index in [9.17, 15) is 0 Å². The maximum Gasteiger partial charge on any atom is 0.0891 e. The highest BCUT2D eigenvalue weighted by atomic mass is 16.5. The van der Waals surface area contributed by atoms with Crippen molar-refractivity contribution in [3.63, 3.8) is 0 Å². The zero-order chi connectivity index (χ0) is 19.1. The van der Waals surface area contributed by atoms with E-state index in [0.29, 0.717) is 11.8 Å². The summed E-state index contributed by atoms with van der Waals surface area (Å²) in [5, 5.41) is 9.05. The average molecular weight is 355 g/mol. The zero-order valence-corrected chi connectivity index (χ0v) is 17.2. The Kier molecular flexibility index (Phi) is 5.20. The summed E-state index contributed by atoms with van der Waals surface area (Å²) in [4.78, 5) is 0. The number of fused-ring (bicyclic) bond motifs is 1. The van der Waals surface area contributed by atoms with Crippen molar-refractivity contribution in [1.82, 2.24) is 0 Å². The third kappa shape index (κ3) is 3.54. The molecule has 0 aromatic heterocycles. The third-order valence-corrected chi connectivity index (χ3v) is 6.20. The van der Waals surface area contributed by atoms with Crippen molar-refractivity contribution in [1.29, 1.82) is 0 Å². The van der Waals surface area contributed by atoms with Crippen molar-refractivity contribution in [2.75, 3.05) is 6.61 Å². The van der Waals surface area contributed by atoms with E-state index in [1.807, 2.05) is 6.08 Å². The predicted molar refractivity (Wildman–Crippen MR) is 108 cm³/mol. The van der Waals surface area contributed by atoms with Crippen molar-refractivity contribution in [2.45, 2.75) is 77.9 Å². The molecule has 0 saturated heterocycles. The number of allylic oxidation sites excluding steroid dienone is 3. The second-order valence-corrected chi connectivity index (χ2v) is 9.07. The Hall–Kier alpha value is -1.38. The summed E-state index contributed by atoms with van der Waals surface area (Å²) in [6.45, 7) is 13.2. The molecule has 0 spiro atoms. The number of hydrogen-bond acceptors (Lipinski definition) is 2. The maximum absolute atomic E-state index is 9.05. The molecule has 1 heterocycles. The Morgan fingerprint density at radius 3 is 2.46 bits per heavy atom. The molecule has 0 radical (unpaired) electrons. The van der Waals surface area contributed by atoms with E-state index < -0.39 is 0 Å². The minimum Gasteiger partial charge on any atom is -0.392 e. The van der Waals surface area contributed by atoms with Gasteiger partial charge in [0.1, 0.15) is 0 Å². The average Bonchev–Trinajstić information content (AvgIpc) is 3.06. The third-order valence-electron chi connectivity index (χ3n) is 6.20. The molecular weight excluding hydrogens is 320 g/mol. The lowest BCUT2D eigenvalue weighted by Gasteiger charge is -2.25. The first-order chi connectivity index (χ1) is 12.2. The minimum absolute atomic E-state index is 0.110. The Balaban J connectivity index is 1.96. The van der Waals surface area contributed by atoms with Gasteiger partial charge in [-0.3, -0.25) is 0 Å². The van der Waals surface area contributed by atoms with Gasteiger partial charge in [-0.25, -0.2) is 0 Å². The molecule has 142 valence electrons. The van der Waals surface area contributed by atoms with Gasteiger partial charge in [0.2, 0.25) is 0 Å². The van der Waals surface area contributed by atoms with Crippen molar-refractivity contribution in [3.05, 3.63) is 58.2 Å². The second kappa shape index (κ2) is 6.98.